The summed E-state index contributed by atoms with van der Waals surface area (Å²) in [4.78, 5) is 13.1. The highest BCUT2D eigenvalue weighted by Crippen LogP contribution is 2.16. The van der Waals surface area contributed by atoms with Crippen LogP contribution in [0.5, 0.6) is 0 Å². The fourth-order valence-electron chi connectivity index (χ4n) is 1.61. The van der Waals surface area contributed by atoms with Crippen molar-refractivity contribution in [2.45, 2.75) is 6.54 Å². The first-order valence-electron chi connectivity index (χ1n) is 6.11. The first-order valence-corrected chi connectivity index (χ1v) is 6.92. The third-order valence-electron chi connectivity index (χ3n) is 2.59. The topological polar surface area (TPSA) is 55.1 Å². The molecule has 0 aliphatic carbocycles. The van der Waals surface area contributed by atoms with E-state index in [1.54, 1.807) is 12.1 Å². The summed E-state index contributed by atoms with van der Waals surface area (Å²) in [6.07, 6.45) is 0. The molecule has 1 amide bonds. The van der Waals surface area contributed by atoms with Crippen molar-refractivity contribution < 1.29 is 13.6 Å². The quantitative estimate of drug-likeness (QED) is 0.855. The number of hydrogen-bond donors (Lipinski definition) is 2. The average Bonchev–Trinajstić information content (AvgIpc) is 2.94. The number of benzene rings is 1. The molecule has 1 aromatic heterocycles. The van der Waals surface area contributed by atoms with Crippen molar-refractivity contribution in [3.63, 3.8) is 0 Å². The highest BCUT2D eigenvalue weighted by atomic mass is 32.1. The van der Waals surface area contributed by atoms with Crippen molar-refractivity contribution in [3.05, 3.63) is 57.3 Å². The van der Waals surface area contributed by atoms with Crippen LogP contribution in [0.2, 0.25) is 0 Å². The van der Waals surface area contributed by atoms with Gasteiger partial charge in [-0.05, 0) is 30.3 Å². The fraction of sp³-hybridized carbons (Fsp3) is 0.133. The maximum atomic E-state index is 13.4. The third-order valence-corrected chi connectivity index (χ3v) is 3.59. The molecule has 0 atom stereocenters. The second-order valence-corrected chi connectivity index (χ2v) is 5.17. The van der Waals surface area contributed by atoms with Crippen molar-refractivity contribution in [3.8, 4) is 11.8 Å². The van der Waals surface area contributed by atoms with Crippen LogP contribution in [0.15, 0.2) is 30.3 Å². The van der Waals surface area contributed by atoms with Crippen molar-refractivity contribution in [2.24, 2.45) is 5.73 Å². The molecule has 108 valence electrons. The minimum Gasteiger partial charge on any atom is -0.347 e. The van der Waals surface area contributed by atoms with E-state index in [1.807, 2.05) is 0 Å². The predicted molar refractivity (Wildman–Crippen MR) is 77.8 cm³/mol. The molecule has 0 saturated carbocycles. The standard InChI is InChI=1S/C15H12F2N2OS/c16-11-3-5-13(17)10(8-11)9-19-15(20)14-6-4-12(21-14)2-1-7-18/h3-6,8H,7,9,18H2,(H,19,20). The van der Waals surface area contributed by atoms with Crippen LogP contribution >= 0.6 is 11.3 Å². The van der Waals surface area contributed by atoms with Crippen molar-refractivity contribution in [2.75, 3.05) is 6.54 Å². The number of carbonyl (C=O) groups is 1. The molecule has 0 unspecified atom stereocenters. The van der Waals surface area contributed by atoms with Gasteiger partial charge in [-0.1, -0.05) is 11.8 Å². The Bertz CT molecular complexity index is 716. The molecule has 1 heterocycles. The van der Waals surface area contributed by atoms with Gasteiger partial charge in [0.25, 0.3) is 5.91 Å². The molecule has 0 fully saturated rings. The smallest absolute Gasteiger partial charge is 0.261 e. The van der Waals surface area contributed by atoms with Gasteiger partial charge in [-0.2, -0.15) is 0 Å². The maximum absolute atomic E-state index is 13.4. The van der Waals surface area contributed by atoms with Crippen LogP contribution in [0.3, 0.4) is 0 Å². The van der Waals surface area contributed by atoms with E-state index < -0.39 is 11.6 Å². The lowest BCUT2D eigenvalue weighted by Crippen LogP contribution is -2.22. The Balaban J connectivity index is 2.01. The number of nitrogens with two attached hydrogens (primary N) is 1. The summed E-state index contributed by atoms with van der Waals surface area (Å²) in [7, 11) is 0. The molecule has 0 saturated heterocycles. The molecule has 3 N–H and O–H groups in total. The van der Waals surface area contributed by atoms with Gasteiger partial charge in [-0.3, -0.25) is 4.79 Å². The molecule has 1 aromatic carbocycles. The van der Waals surface area contributed by atoms with Gasteiger partial charge in [0.05, 0.1) is 16.3 Å². The Morgan fingerprint density at radius 2 is 2.10 bits per heavy atom. The van der Waals surface area contributed by atoms with Gasteiger partial charge in [0.2, 0.25) is 0 Å². The second-order valence-electron chi connectivity index (χ2n) is 4.09. The molecule has 6 heteroatoms. The van der Waals surface area contributed by atoms with E-state index in [-0.39, 0.29) is 24.6 Å². The molecular weight excluding hydrogens is 294 g/mol. The van der Waals surface area contributed by atoms with Crippen molar-refractivity contribution in [1.29, 1.82) is 0 Å². The lowest BCUT2D eigenvalue weighted by atomic mass is 10.2. The lowest BCUT2D eigenvalue weighted by molar-refractivity contribution is 0.0954. The fourth-order valence-corrected chi connectivity index (χ4v) is 2.40. The molecule has 21 heavy (non-hydrogen) atoms. The van der Waals surface area contributed by atoms with Crippen LogP contribution in [-0.2, 0) is 6.54 Å². The number of thiophene rings is 1. The zero-order chi connectivity index (χ0) is 15.2. The second kappa shape index (κ2) is 6.97. The number of hydrogen-bond acceptors (Lipinski definition) is 3. The van der Waals surface area contributed by atoms with Gasteiger partial charge in [0, 0.05) is 12.1 Å². The minimum atomic E-state index is -0.558. The molecule has 0 aliphatic rings. The summed E-state index contributed by atoms with van der Waals surface area (Å²) in [5.74, 6) is 4.06. The minimum absolute atomic E-state index is 0.0792. The molecular formula is C15H12F2N2OS. The van der Waals surface area contributed by atoms with Gasteiger partial charge in [0.1, 0.15) is 11.6 Å². The van der Waals surface area contributed by atoms with Gasteiger partial charge in [-0.25, -0.2) is 8.78 Å². The first kappa shape index (κ1) is 15.2. The van der Waals surface area contributed by atoms with E-state index in [2.05, 4.69) is 17.2 Å². The van der Waals surface area contributed by atoms with Crippen LogP contribution in [0.4, 0.5) is 8.78 Å². The monoisotopic (exact) mass is 306 g/mol. The Morgan fingerprint density at radius 3 is 2.86 bits per heavy atom. The van der Waals surface area contributed by atoms with Gasteiger partial charge in [0.15, 0.2) is 0 Å². The summed E-state index contributed by atoms with van der Waals surface area (Å²) in [6.45, 7) is 0.169. The summed E-state index contributed by atoms with van der Waals surface area (Å²) < 4.78 is 26.4. The van der Waals surface area contributed by atoms with E-state index >= 15 is 0 Å². The zero-order valence-corrected chi connectivity index (χ0v) is 11.8. The van der Waals surface area contributed by atoms with Crippen LogP contribution in [0, 0.1) is 23.5 Å². The van der Waals surface area contributed by atoms with E-state index in [9.17, 15) is 13.6 Å². The largest absolute Gasteiger partial charge is 0.347 e. The SMILES string of the molecule is NCC#Cc1ccc(C(=O)NCc2cc(F)ccc2F)s1. The normalized spacial score (nSPS) is 9.86. The number of amides is 1. The Kier molecular flexibility index (Phi) is 5.04. The zero-order valence-electron chi connectivity index (χ0n) is 11.0. The summed E-state index contributed by atoms with van der Waals surface area (Å²) in [5, 5.41) is 2.54. The van der Waals surface area contributed by atoms with E-state index in [1.165, 1.54) is 11.3 Å². The van der Waals surface area contributed by atoms with E-state index in [0.717, 1.165) is 23.1 Å². The average molecular weight is 306 g/mol. The van der Waals surface area contributed by atoms with Gasteiger partial charge >= 0.3 is 0 Å². The van der Waals surface area contributed by atoms with Gasteiger partial charge < -0.3 is 11.1 Å². The van der Waals surface area contributed by atoms with Crippen LogP contribution in [0.25, 0.3) is 0 Å². The summed E-state index contributed by atoms with van der Waals surface area (Å²) >= 11 is 1.21. The summed E-state index contributed by atoms with van der Waals surface area (Å²) in [6, 6.07) is 6.46. The molecule has 0 aliphatic heterocycles. The molecule has 2 aromatic rings. The Morgan fingerprint density at radius 1 is 1.29 bits per heavy atom. The molecule has 0 bridgehead atoms. The highest BCUT2D eigenvalue weighted by molar-refractivity contribution is 7.14. The Hall–Kier alpha value is -2.23. The molecule has 2 rings (SSSR count). The van der Waals surface area contributed by atoms with Gasteiger partial charge in [-0.15, -0.1) is 11.3 Å². The first-order chi connectivity index (χ1) is 10.1. The number of halogens is 2. The number of carbonyl (C=O) groups excluding carboxylic acids is 1. The number of rotatable bonds is 3. The predicted octanol–water partition coefficient (Wildman–Crippen LogP) is 2.27. The van der Waals surface area contributed by atoms with Crippen LogP contribution in [0.1, 0.15) is 20.1 Å². The van der Waals surface area contributed by atoms with E-state index in [4.69, 9.17) is 5.73 Å². The maximum Gasteiger partial charge on any atom is 0.261 e. The van der Waals surface area contributed by atoms with E-state index in [0.29, 0.717) is 4.88 Å². The molecule has 3 nitrogen and oxygen atoms in total. The van der Waals surface area contributed by atoms with Crippen molar-refractivity contribution in [1.82, 2.24) is 5.32 Å². The highest BCUT2D eigenvalue weighted by Gasteiger charge is 2.10. The van der Waals surface area contributed by atoms with Crippen molar-refractivity contribution >= 4 is 17.2 Å². The van der Waals surface area contributed by atoms with Crippen LogP contribution < -0.4 is 11.1 Å². The molecule has 0 spiro atoms. The Labute approximate surface area is 124 Å². The molecule has 0 radical (unpaired) electrons. The third kappa shape index (κ3) is 4.12. The van der Waals surface area contributed by atoms with Crippen LogP contribution in [-0.4, -0.2) is 12.5 Å². The lowest BCUT2D eigenvalue weighted by Gasteiger charge is -2.05. The number of nitrogens with one attached hydrogen (secondary N) is 1. The summed E-state index contributed by atoms with van der Waals surface area (Å²) in [5.41, 5.74) is 5.37.